The predicted molar refractivity (Wildman–Crippen MR) is 61.4 cm³/mol. The Morgan fingerprint density at radius 1 is 1.38 bits per heavy atom. The summed E-state index contributed by atoms with van der Waals surface area (Å²) in [4.78, 5) is 15.8. The van der Waals surface area contributed by atoms with Gasteiger partial charge >= 0.3 is 5.97 Å². The first-order valence-corrected chi connectivity index (χ1v) is 5.85. The molecule has 0 aliphatic heterocycles. The average molecular weight is 219 g/mol. The summed E-state index contributed by atoms with van der Waals surface area (Å²) >= 11 is 0. The third-order valence-corrected chi connectivity index (χ3v) is 3.23. The standard InChI is InChI=1S/C13H17NO2/c1-16-13(15)11-7-8-14-12(9-11)10-5-3-2-4-6-10/h7-10H,2-6H2,1H3. The molecule has 1 heterocycles. The largest absolute Gasteiger partial charge is 0.465 e. The fraction of sp³-hybridized carbons (Fsp3) is 0.538. The molecule has 1 aromatic heterocycles. The van der Waals surface area contributed by atoms with Gasteiger partial charge in [-0.3, -0.25) is 4.98 Å². The van der Waals surface area contributed by atoms with Crippen LogP contribution in [0.2, 0.25) is 0 Å². The molecule has 0 spiro atoms. The third kappa shape index (κ3) is 2.40. The second kappa shape index (κ2) is 5.10. The Morgan fingerprint density at radius 2 is 2.12 bits per heavy atom. The number of rotatable bonds is 2. The lowest BCUT2D eigenvalue weighted by Crippen LogP contribution is -2.09. The van der Waals surface area contributed by atoms with Crippen LogP contribution in [-0.2, 0) is 4.74 Å². The molecule has 1 aromatic rings. The highest BCUT2D eigenvalue weighted by Gasteiger charge is 2.18. The summed E-state index contributed by atoms with van der Waals surface area (Å²) < 4.78 is 4.71. The zero-order valence-corrected chi connectivity index (χ0v) is 9.61. The molecule has 86 valence electrons. The van der Waals surface area contributed by atoms with Gasteiger partial charge in [-0.25, -0.2) is 4.79 Å². The lowest BCUT2D eigenvalue weighted by molar-refractivity contribution is 0.0600. The number of aromatic nitrogens is 1. The maximum absolute atomic E-state index is 11.4. The molecule has 0 amide bonds. The first kappa shape index (κ1) is 11.1. The Kier molecular flexibility index (Phi) is 3.54. The van der Waals surface area contributed by atoms with E-state index in [0.29, 0.717) is 11.5 Å². The fourth-order valence-electron chi connectivity index (χ4n) is 2.31. The molecule has 2 rings (SSSR count). The monoisotopic (exact) mass is 219 g/mol. The lowest BCUT2D eigenvalue weighted by atomic mass is 9.86. The summed E-state index contributed by atoms with van der Waals surface area (Å²) in [6.45, 7) is 0. The molecule has 1 aliphatic rings. The summed E-state index contributed by atoms with van der Waals surface area (Å²) in [7, 11) is 1.41. The topological polar surface area (TPSA) is 39.2 Å². The van der Waals surface area contributed by atoms with Crippen LogP contribution in [0.25, 0.3) is 0 Å². The Hall–Kier alpha value is -1.38. The van der Waals surface area contributed by atoms with Crippen LogP contribution in [0.5, 0.6) is 0 Å². The molecule has 0 N–H and O–H groups in total. The van der Waals surface area contributed by atoms with E-state index in [9.17, 15) is 4.79 Å². The summed E-state index contributed by atoms with van der Waals surface area (Å²) in [6, 6.07) is 3.58. The molecule has 1 fully saturated rings. The van der Waals surface area contributed by atoms with Gasteiger partial charge in [0.1, 0.15) is 0 Å². The Labute approximate surface area is 95.8 Å². The molecule has 1 saturated carbocycles. The van der Waals surface area contributed by atoms with Crippen LogP contribution in [0, 0.1) is 0 Å². The van der Waals surface area contributed by atoms with E-state index in [-0.39, 0.29) is 5.97 Å². The van der Waals surface area contributed by atoms with Gasteiger partial charge in [-0.05, 0) is 25.0 Å². The SMILES string of the molecule is COC(=O)c1ccnc(C2CCCCC2)c1. The first-order chi connectivity index (χ1) is 7.81. The second-order valence-corrected chi connectivity index (χ2v) is 4.30. The number of nitrogens with zero attached hydrogens (tertiary/aromatic N) is 1. The van der Waals surface area contributed by atoms with E-state index >= 15 is 0 Å². The highest BCUT2D eigenvalue weighted by Crippen LogP contribution is 2.31. The van der Waals surface area contributed by atoms with Crippen molar-refractivity contribution in [3.63, 3.8) is 0 Å². The minimum Gasteiger partial charge on any atom is -0.465 e. The maximum atomic E-state index is 11.4. The van der Waals surface area contributed by atoms with E-state index in [4.69, 9.17) is 4.74 Å². The van der Waals surface area contributed by atoms with Gasteiger partial charge in [0, 0.05) is 17.8 Å². The molecule has 16 heavy (non-hydrogen) atoms. The number of hydrogen-bond acceptors (Lipinski definition) is 3. The van der Waals surface area contributed by atoms with Crippen LogP contribution >= 0.6 is 0 Å². The lowest BCUT2D eigenvalue weighted by Gasteiger charge is -2.21. The number of methoxy groups -OCH3 is 1. The van der Waals surface area contributed by atoms with Crippen molar-refractivity contribution in [3.05, 3.63) is 29.6 Å². The van der Waals surface area contributed by atoms with Gasteiger partial charge in [0.05, 0.1) is 12.7 Å². The molecule has 1 aliphatic carbocycles. The molecule has 3 heteroatoms. The highest BCUT2D eigenvalue weighted by molar-refractivity contribution is 5.89. The normalized spacial score (nSPS) is 17.1. The van der Waals surface area contributed by atoms with Gasteiger partial charge in [-0.15, -0.1) is 0 Å². The van der Waals surface area contributed by atoms with Crippen molar-refractivity contribution in [2.75, 3.05) is 7.11 Å². The van der Waals surface area contributed by atoms with E-state index in [1.807, 2.05) is 6.07 Å². The number of carbonyl (C=O) groups excluding carboxylic acids is 1. The van der Waals surface area contributed by atoms with Gasteiger partial charge in [0.15, 0.2) is 0 Å². The van der Waals surface area contributed by atoms with Crippen molar-refractivity contribution < 1.29 is 9.53 Å². The van der Waals surface area contributed by atoms with Crippen LogP contribution in [0.1, 0.15) is 54.1 Å². The van der Waals surface area contributed by atoms with E-state index in [1.54, 1.807) is 12.3 Å². The molecule has 0 bridgehead atoms. The van der Waals surface area contributed by atoms with Gasteiger partial charge in [0.25, 0.3) is 0 Å². The first-order valence-electron chi connectivity index (χ1n) is 5.85. The minimum absolute atomic E-state index is 0.278. The quantitative estimate of drug-likeness (QED) is 0.718. The molecule has 0 unspecified atom stereocenters. The van der Waals surface area contributed by atoms with Crippen LogP contribution in [0.4, 0.5) is 0 Å². The molecular weight excluding hydrogens is 202 g/mol. The molecule has 0 saturated heterocycles. The van der Waals surface area contributed by atoms with Gasteiger partial charge in [-0.2, -0.15) is 0 Å². The van der Waals surface area contributed by atoms with Gasteiger partial charge in [-0.1, -0.05) is 19.3 Å². The number of pyridine rings is 1. The Bertz CT molecular complexity index is 370. The summed E-state index contributed by atoms with van der Waals surface area (Å²) in [5.41, 5.74) is 1.65. The third-order valence-electron chi connectivity index (χ3n) is 3.23. The van der Waals surface area contributed by atoms with Crippen molar-refractivity contribution in [2.45, 2.75) is 38.0 Å². The van der Waals surface area contributed by atoms with Crippen molar-refractivity contribution in [1.82, 2.24) is 4.98 Å². The highest BCUT2D eigenvalue weighted by atomic mass is 16.5. The van der Waals surface area contributed by atoms with Gasteiger partial charge in [0.2, 0.25) is 0 Å². The number of carbonyl (C=O) groups is 1. The zero-order valence-electron chi connectivity index (χ0n) is 9.61. The molecular formula is C13H17NO2. The average Bonchev–Trinajstić information content (AvgIpc) is 2.39. The zero-order chi connectivity index (χ0) is 11.4. The molecule has 0 atom stereocenters. The van der Waals surface area contributed by atoms with E-state index in [0.717, 1.165) is 5.69 Å². The van der Waals surface area contributed by atoms with Gasteiger partial charge < -0.3 is 4.74 Å². The molecule has 0 radical (unpaired) electrons. The van der Waals surface area contributed by atoms with E-state index in [2.05, 4.69) is 4.98 Å². The number of esters is 1. The van der Waals surface area contributed by atoms with Crippen LogP contribution in [0.15, 0.2) is 18.3 Å². The Morgan fingerprint density at radius 3 is 2.81 bits per heavy atom. The molecule has 3 nitrogen and oxygen atoms in total. The fourth-order valence-corrected chi connectivity index (χ4v) is 2.31. The van der Waals surface area contributed by atoms with Crippen molar-refractivity contribution in [2.24, 2.45) is 0 Å². The Balaban J connectivity index is 2.17. The summed E-state index contributed by atoms with van der Waals surface area (Å²) in [6.07, 6.45) is 7.96. The van der Waals surface area contributed by atoms with Crippen molar-refractivity contribution in [3.8, 4) is 0 Å². The smallest absolute Gasteiger partial charge is 0.337 e. The second-order valence-electron chi connectivity index (χ2n) is 4.30. The van der Waals surface area contributed by atoms with Crippen LogP contribution in [-0.4, -0.2) is 18.1 Å². The van der Waals surface area contributed by atoms with E-state index < -0.39 is 0 Å². The summed E-state index contributed by atoms with van der Waals surface area (Å²) in [5, 5.41) is 0. The van der Waals surface area contributed by atoms with E-state index in [1.165, 1.54) is 39.2 Å². The van der Waals surface area contributed by atoms with Crippen LogP contribution < -0.4 is 0 Å². The molecule has 0 aromatic carbocycles. The summed E-state index contributed by atoms with van der Waals surface area (Å²) in [5.74, 6) is 0.248. The maximum Gasteiger partial charge on any atom is 0.337 e. The minimum atomic E-state index is -0.278. The van der Waals surface area contributed by atoms with Crippen molar-refractivity contribution in [1.29, 1.82) is 0 Å². The number of hydrogen-bond donors (Lipinski definition) is 0. The van der Waals surface area contributed by atoms with Crippen molar-refractivity contribution >= 4 is 5.97 Å². The van der Waals surface area contributed by atoms with Crippen LogP contribution in [0.3, 0.4) is 0 Å². The predicted octanol–water partition coefficient (Wildman–Crippen LogP) is 2.92. The number of ether oxygens (including phenoxy) is 1.